The van der Waals surface area contributed by atoms with Crippen LogP contribution in [0.3, 0.4) is 0 Å². The van der Waals surface area contributed by atoms with Gasteiger partial charge in [0.05, 0.1) is 12.2 Å². The van der Waals surface area contributed by atoms with Crippen molar-refractivity contribution in [1.29, 1.82) is 0 Å². The number of benzene rings is 1. The first-order valence-electron chi connectivity index (χ1n) is 5.14. The zero-order valence-electron chi connectivity index (χ0n) is 9.20. The van der Waals surface area contributed by atoms with Gasteiger partial charge in [0.15, 0.2) is 0 Å². The predicted octanol–water partition coefficient (Wildman–Crippen LogP) is 3.08. The maximum Gasteiger partial charge on any atom is 0.146 e. The number of pyridine rings is 1. The van der Waals surface area contributed by atoms with Gasteiger partial charge in [0.1, 0.15) is 5.82 Å². The molecule has 1 atom stereocenters. The minimum atomic E-state index is -0.584. The fourth-order valence-electron chi connectivity index (χ4n) is 1.70. The lowest BCUT2D eigenvalue weighted by Crippen LogP contribution is -2.29. The van der Waals surface area contributed by atoms with E-state index in [1.807, 2.05) is 0 Å². The minimum absolute atomic E-state index is 0.358. The Labute approximate surface area is 114 Å². The van der Waals surface area contributed by atoms with Crippen molar-refractivity contribution in [2.75, 3.05) is 0 Å². The summed E-state index contributed by atoms with van der Waals surface area (Å²) in [4.78, 5) is 3.69. The summed E-state index contributed by atoms with van der Waals surface area (Å²) in [5.41, 5.74) is 3.50. The molecule has 0 aliphatic rings. The third-order valence-corrected chi connectivity index (χ3v) is 3.13. The van der Waals surface area contributed by atoms with Crippen LogP contribution in [-0.4, -0.2) is 4.98 Å². The molecule has 0 fully saturated rings. The molecule has 0 saturated heterocycles. The first kappa shape index (κ1) is 13.2. The zero-order chi connectivity index (χ0) is 13.1. The van der Waals surface area contributed by atoms with Gasteiger partial charge in [-0.2, -0.15) is 0 Å². The molecule has 0 spiro atoms. The second-order valence-electron chi connectivity index (χ2n) is 3.66. The Kier molecular flexibility index (Phi) is 4.14. The van der Waals surface area contributed by atoms with Crippen LogP contribution in [0.15, 0.2) is 36.7 Å². The highest BCUT2D eigenvalue weighted by Gasteiger charge is 2.19. The van der Waals surface area contributed by atoms with Crippen molar-refractivity contribution in [2.24, 2.45) is 5.84 Å². The van der Waals surface area contributed by atoms with Crippen molar-refractivity contribution in [2.45, 2.75) is 6.04 Å². The summed E-state index contributed by atoms with van der Waals surface area (Å²) in [7, 11) is 0. The number of aromatic nitrogens is 1. The molecule has 1 aromatic carbocycles. The fraction of sp³-hybridized carbons (Fsp3) is 0.0833. The molecule has 1 unspecified atom stereocenters. The van der Waals surface area contributed by atoms with E-state index in [1.165, 1.54) is 12.3 Å². The molecule has 0 amide bonds. The molecule has 0 aliphatic carbocycles. The average molecular weight is 286 g/mol. The van der Waals surface area contributed by atoms with Gasteiger partial charge in [-0.3, -0.25) is 10.8 Å². The monoisotopic (exact) mass is 285 g/mol. The van der Waals surface area contributed by atoms with Crippen molar-refractivity contribution in [1.82, 2.24) is 10.4 Å². The third-order valence-electron chi connectivity index (χ3n) is 2.55. The smallest absolute Gasteiger partial charge is 0.146 e. The summed E-state index contributed by atoms with van der Waals surface area (Å²) in [5.74, 6) is 5.02. The summed E-state index contributed by atoms with van der Waals surface area (Å²) in [6, 6.07) is 5.90. The van der Waals surface area contributed by atoms with Gasteiger partial charge in [0.2, 0.25) is 0 Å². The lowest BCUT2D eigenvalue weighted by atomic mass is 10.00. The summed E-state index contributed by atoms with van der Waals surface area (Å²) >= 11 is 12.0. The van der Waals surface area contributed by atoms with E-state index in [1.54, 1.807) is 18.2 Å². The lowest BCUT2D eigenvalue weighted by molar-refractivity contribution is 0.556. The first-order valence-corrected chi connectivity index (χ1v) is 5.89. The maximum absolute atomic E-state index is 13.7. The van der Waals surface area contributed by atoms with Crippen molar-refractivity contribution in [3.05, 3.63) is 63.6 Å². The highest BCUT2D eigenvalue weighted by Crippen LogP contribution is 2.30. The summed E-state index contributed by atoms with van der Waals surface area (Å²) in [6.07, 6.45) is 2.61. The molecule has 18 heavy (non-hydrogen) atoms. The van der Waals surface area contributed by atoms with E-state index in [2.05, 4.69) is 10.4 Å². The van der Waals surface area contributed by atoms with E-state index in [-0.39, 0.29) is 0 Å². The molecule has 1 aromatic heterocycles. The fourth-order valence-corrected chi connectivity index (χ4v) is 2.11. The Hall–Kier alpha value is -1.20. The van der Waals surface area contributed by atoms with Crippen LogP contribution >= 0.6 is 23.2 Å². The third kappa shape index (κ3) is 2.62. The molecule has 94 valence electrons. The van der Waals surface area contributed by atoms with Gasteiger partial charge in [-0.05, 0) is 29.8 Å². The molecular formula is C12H10Cl2FN3. The number of hydrogen-bond donors (Lipinski definition) is 2. The van der Waals surface area contributed by atoms with Crippen LogP contribution < -0.4 is 11.3 Å². The second kappa shape index (κ2) is 5.63. The maximum atomic E-state index is 13.7. The van der Waals surface area contributed by atoms with Crippen LogP contribution in [0.25, 0.3) is 0 Å². The van der Waals surface area contributed by atoms with Crippen molar-refractivity contribution >= 4 is 23.2 Å². The van der Waals surface area contributed by atoms with Gasteiger partial charge < -0.3 is 0 Å². The summed E-state index contributed by atoms with van der Waals surface area (Å²) < 4.78 is 13.7. The number of nitrogens with two attached hydrogens (primary N) is 1. The molecular weight excluding hydrogens is 276 g/mol. The number of hydrazine groups is 1. The van der Waals surface area contributed by atoms with E-state index in [4.69, 9.17) is 29.0 Å². The van der Waals surface area contributed by atoms with Crippen LogP contribution in [0, 0.1) is 5.82 Å². The van der Waals surface area contributed by atoms with Crippen LogP contribution in [0.1, 0.15) is 17.2 Å². The van der Waals surface area contributed by atoms with Crippen molar-refractivity contribution in [3.63, 3.8) is 0 Å². The molecule has 0 radical (unpaired) electrons. The van der Waals surface area contributed by atoms with Crippen LogP contribution in [0.4, 0.5) is 4.39 Å². The van der Waals surface area contributed by atoms with Gasteiger partial charge in [-0.25, -0.2) is 9.82 Å². The van der Waals surface area contributed by atoms with Crippen molar-refractivity contribution < 1.29 is 4.39 Å². The molecule has 2 rings (SSSR count). The predicted molar refractivity (Wildman–Crippen MR) is 69.8 cm³/mol. The molecule has 2 aromatic rings. The standard InChI is InChI=1S/C12H10Cl2FN3/c13-7-1-2-10(14)9(5-7)12(18-16)8-3-4-17-6-11(8)15/h1-6,12,18H,16H2. The summed E-state index contributed by atoms with van der Waals surface area (Å²) in [6.45, 7) is 0. The van der Waals surface area contributed by atoms with Gasteiger partial charge in [-0.1, -0.05) is 23.2 Å². The molecule has 6 heteroatoms. The normalized spacial score (nSPS) is 12.4. The number of nitrogens with one attached hydrogen (secondary N) is 1. The Bertz CT molecular complexity index is 563. The van der Waals surface area contributed by atoms with Crippen LogP contribution in [0.2, 0.25) is 10.0 Å². The zero-order valence-corrected chi connectivity index (χ0v) is 10.7. The Morgan fingerprint density at radius 1 is 1.22 bits per heavy atom. The van der Waals surface area contributed by atoms with Gasteiger partial charge in [-0.15, -0.1) is 0 Å². The highest BCUT2D eigenvalue weighted by molar-refractivity contribution is 6.33. The van der Waals surface area contributed by atoms with E-state index in [0.29, 0.717) is 21.2 Å². The Balaban J connectivity index is 2.52. The van der Waals surface area contributed by atoms with E-state index in [0.717, 1.165) is 6.20 Å². The molecule has 0 aliphatic heterocycles. The summed E-state index contributed by atoms with van der Waals surface area (Å²) in [5, 5.41) is 0.961. The van der Waals surface area contributed by atoms with E-state index >= 15 is 0 Å². The molecule has 3 nitrogen and oxygen atoms in total. The SMILES string of the molecule is NNC(c1ccncc1F)c1cc(Cl)ccc1Cl. The molecule has 1 heterocycles. The van der Waals surface area contributed by atoms with Crippen LogP contribution in [0.5, 0.6) is 0 Å². The topological polar surface area (TPSA) is 50.9 Å². The Morgan fingerprint density at radius 3 is 2.67 bits per heavy atom. The number of rotatable bonds is 3. The number of hydrogen-bond acceptors (Lipinski definition) is 3. The first-order chi connectivity index (χ1) is 8.63. The average Bonchev–Trinajstić information content (AvgIpc) is 2.36. The van der Waals surface area contributed by atoms with Crippen molar-refractivity contribution in [3.8, 4) is 0 Å². The molecule has 3 N–H and O–H groups in total. The molecule has 0 saturated carbocycles. The second-order valence-corrected chi connectivity index (χ2v) is 4.51. The van der Waals surface area contributed by atoms with Gasteiger partial charge in [0, 0.05) is 21.8 Å². The quantitative estimate of drug-likeness (QED) is 0.673. The lowest BCUT2D eigenvalue weighted by Gasteiger charge is -2.18. The van der Waals surface area contributed by atoms with Gasteiger partial charge in [0.25, 0.3) is 0 Å². The molecule has 0 bridgehead atoms. The van der Waals surface area contributed by atoms with E-state index < -0.39 is 11.9 Å². The largest absolute Gasteiger partial charge is 0.271 e. The van der Waals surface area contributed by atoms with Gasteiger partial charge >= 0.3 is 0 Å². The highest BCUT2D eigenvalue weighted by atomic mass is 35.5. The van der Waals surface area contributed by atoms with E-state index in [9.17, 15) is 4.39 Å². The number of nitrogens with zero attached hydrogens (tertiary/aromatic N) is 1. The Morgan fingerprint density at radius 2 is 2.00 bits per heavy atom. The minimum Gasteiger partial charge on any atom is -0.271 e. The number of halogens is 3. The van der Waals surface area contributed by atoms with Crippen LogP contribution in [-0.2, 0) is 0 Å².